The average Bonchev–Trinajstić information content (AvgIpc) is 3.19. The minimum absolute atomic E-state index is 0. The zero-order chi connectivity index (χ0) is 16.6. The third kappa shape index (κ3) is 3.74. The maximum atomic E-state index is 14.1. The molecule has 2 N–H and O–H groups in total. The molecule has 142 valence electrons. The van der Waals surface area contributed by atoms with Gasteiger partial charge < -0.3 is 10.4 Å². The molecule has 0 saturated carbocycles. The van der Waals surface area contributed by atoms with Crippen LogP contribution in [0.1, 0.15) is 49.3 Å². The summed E-state index contributed by atoms with van der Waals surface area (Å²) < 4.78 is 14.1. The molecular formula is C20H25Cl2FN2O. The van der Waals surface area contributed by atoms with Crippen molar-refractivity contribution in [1.29, 1.82) is 0 Å². The summed E-state index contributed by atoms with van der Waals surface area (Å²) in [5, 5.41) is 14.6. The molecule has 0 unspecified atom stereocenters. The second-order valence-electron chi connectivity index (χ2n) is 7.35. The van der Waals surface area contributed by atoms with E-state index >= 15 is 0 Å². The lowest BCUT2D eigenvalue weighted by Gasteiger charge is -2.32. The van der Waals surface area contributed by atoms with Gasteiger partial charge in [-0.15, -0.1) is 24.8 Å². The second kappa shape index (κ2) is 8.22. The summed E-state index contributed by atoms with van der Waals surface area (Å²) in [6.07, 6.45) is 8.81. The van der Waals surface area contributed by atoms with Crippen LogP contribution in [-0.2, 0) is 6.42 Å². The topological polar surface area (TPSA) is 45.2 Å². The molecule has 0 spiro atoms. The quantitative estimate of drug-likeness (QED) is 0.784. The molecule has 2 bridgehead atoms. The van der Waals surface area contributed by atoms with Gasteiger partial charge in [0.1, 0.15) is 5.82 Å². The van der Waals surface area contributed by atoms with E-state index in [1.807, 2.05) is 12.3 Å². The van der Waals surface area contributed by atoms with Crippen LogP contribution in [0.3, 0.4) is 0 Å². The van der Waals surface area contributed by atoms with E-state index in [0.717, 1.165) is 38.5 Å². The predicted molar refractivity (Wildman–Crippen MR) is 105 cm³/mol. The fourth-order valence-corrected chi connectivity index (χ4v) is 4.53. The number of aliphatic hydroxyl groups excluding tert-OH is 1. The van der Waals surface area contributed by atoms with Crippen molar-refractivity contribution in [2.75, 3.05) is 0 Å². The van der Waals surface area contributed by atoms with E-state index in [4.69, 9.17) is 0 Å². The Morgan fingerprint density at radius 2 is 1.81 bits per heavy atom. The number of rotatable bonds is 5. The van der Waals surface area contributed by atoms with Gasteiger partial charge in [-0.3, -0.25) is 4.98 Å². The highest BCUT2D eigenvalue weighted by Crippen LogP contribution is 2.52. The summed E-state index contributed by atoms with van der Waals surface area (Å²) in [5.41, 5.74) is 1.35. The van der Waals surface area contributed by atoms with Crippen molar-refractivity contribution in [3.8, 4) is 0 Å². The Morgan fingerprint density at radius 1 is 1.08 bits per heavy atom. The number of hydrogen-bond acceptors (Lipinski definition) is 3. The molecule has 4 rings (SSSR count). The van der Waals surface area contributed by atoms with Crippen molar-refractivity contribution in [3.63, 3.8) is 0 Å². The molecule has 2 aliphatic rings. The number of nitrogens with zero attached hydrogens (tertiary/aromatic N) is 1. The first-order valence-corrected chi connectivity index (χ1v) is 8.73. The minimum Gasteiger partial charge on any atom is -0.386 e. The van der Waals surface area contributed by atoms with Crippen LogP contribution in [-0.4, -0.2) is 21.2 Å². The summed E-state index contributed by atoms with van der Waals surface area (Å²) in [7, 11) is 0. The summed E-state index contributed by atoms with van der Waals surface area (Å²) in [6, 6.07) is 10.7. The minimum atomic E-state index is -0.790. The van der Waals surface area contributed by atoms with Crippen LogP contribution < -0.4 is 5.32 Å². The van der Waals surface area contributed by atoms with Crippen molar-refractivity contribution >= 4 is 24.8 Å². The molecule has 2 saturated heterocycles. The second-order valence-corrected chi connectivity index (χ2v) is 7.35. The van der Waals surface area contributed by atoms with Gasteiger partial charge in [0.05, 0.1) is 6.10 Å². The zero-order valence-electron chi connectivity index (χ0n) is 14.5. The van der Waals surface area contributed by atoms with Crippen LogP contribution in [0.2, 0.25) is 0 Å². The molecule has 6 heteroatoms. The van der Waals surface area contributed by atoms with E-state index < -0.39 is 6.10 Å². The predicted octanol–water partition coefficient (Wildman–Crippen LogP) is 4.39. The smallest absolute Gasteiger partial charge is 0.129 e. The molecule has 3 heterocycles. The van der Waals surface area contributed by atoms with Gasteiger partial charge in [0, 0.05) is 29.0 Å². The Morgan fingerprint density at radius 3 is 2.46 bits per heavy atom. The van der Waals surface area contributed by atoms with Crippen LogP contribution >= 0.6 is 24.8 Å². The largest absolute Gasteiger partial charge is 0.386 e. The number of aromatic nitrogens is 1. The van der Waals surface area contributed by atoms with E-state index in [1.54, 1.807) is 24.4 Å². The van der Waals surface area contributed by atoms with Gasteiger partial charge in [-0.1, -0.05) is 24.3 Å². The molecule has 0 aliphatic carbocycles. The SMILES string of the molecule is Cl.Cl.O[C@@H](c1ccccc1F)C12CCC(CCc3cccnc3)(CC1)N2. The van der Waals surface area contributed by atoms with Crippen molar-refractivity contribution in [2.45, 2.75) is 55.7 Å². The number of halogens is 3. The summed E-state index contributed by atoms with van der Waals surface area (Å²) in [4.78, 5) is 4.18. The number of fused-ring (bicyclic) bond motifs is 2. The number of aliphatic hydroxyl groups is 1. The van der Waals surface area contributed by atoms with E-state index in [1.165, 1.54) is 11.6 Å². The lowest BCUT2D eigenvalue weighted by Crippen LogP contribution is -2.46. The van der Waals surface area contributed by atoms with Crippen LogP contribution in [0.5, 0.6) is 0 Å². The summed E-state index contributed by atoms with van der Waals surface area (Å²) in [5.74, 6) is -0.319. The Kier molecular flexibility index (Phi) is 6.67. The third-order valence-corrected chi connectivity index (χ3v) is 5.95. The number of aryl methyl sites for hydroxylation is 1. The van der Waals surface area contributed by atoms with Crippen molar-refractivity contribution in [2.24, 2.45) is 0 Å². The molecule has 2 aliphatic heterocycles. The van der Waals surface area contributed by atoms with Crippen molar-refractivity contribution in [1.82, 2.24) is 10.3 Å². The molecule has 3 nitrogen and oxygen atoms in total. The van der Waals surface area contributed by atoms with Crippen molar-refractivity contribution < 1.29 is 9.50 Å². The van der Waals surface area contributed by atoms with Gasteiger partial charge >= 0.3 is 0 Å². The molecule has 1 atom stereocenters. The van der Waals surface area contributed by atoms with Gasteiger partial charge in [0.2, 0.25) is 0 Å². The fourth-order valence-electron chi connectivity index (χ4n) is 4.53. The normalized spacial score (nSPS) is 27.5. The van der Waals surface area contributed by atoms with Crippen LogP contribution in [0.25, 0.3) is 0 Å². The first kappa shape index (κ1) is 21.1. The van der Waals surface area contributed by atoms with Gasteiger partial charge in [-0.2, -0.15) is 0 Å². The van der Waals surface area contributed by atoms with Gasteiger partial charge in [-0.05, 0) is 56.2 Å². The lowest BCUT2D eigenvalue weighted by molar-refractivity contribution is 0.0704. The van der Waals surface area contributed by atoms with Crippen LogP contribution in [0.4, 0.5) is 4.39 Å². The summed E-state index contributed by atoms with van der Waals surface area (Å²) in [6.45, 7) is 0. The average molecular weight is 399 g/mol. The number of benzene rings is 1. The molecule has 0 radical (unpaired) electrons. The fraction of sp³-hybridized carbons (Fsp3) is 0.450. The first-order chi connectivity index (χ1) is 11.6. The first-order valence-electron chi connectivity index (χ1n) is 8.73. The Labute approximate surface area is 166 Å². The monoisotopic (exact) mass is 398 g/mol. The molecule has 2 aromatic rings. The van der Waals surface area contributed by atoms with E-state index in [9.17, 15) is 9.50 Å². The summed E-state index contributed by atoms with van der Waals surface area (Å²) >= 11 is 0. The molecule has 1 aromatic heterocycles. The molecular weight excluding hydrogens is 374 g/mol. The van der Waals surface area contributed by atoms with E-state index in [0.29, 0.717) is 5.56 Å². The van der Waals surface area contributed by atoms with E-state index in [2.05, 4.69) is 16.4 Å². The number of hydrogen-bond donors (Lipinski definition) is 2. The molecule has 1 aromatic carbocycles. The highest BCUT2D eigenvalue weighted by molar-refractivity contribution is 5.85. The standard InChI is InChI=1S/C20H23FN2O.2ClH/c21-17-6-2-1-5-16(17)18(24)20-11-9-19(23-20,10-12-20)8-7-15-4-3-13-22-14-15;;/h1-6,13-14,18,23-24H,7-12H2;2*1H/t18-,19?,20?;;/m0../s1. The highest BCUT2D eigenvalue weighted by atomic mass is 35.5. The van der Waals surface area contributed by atoms with E-state index in [-0.39, 0.29) is 41.7 Å². The third-order valence-electron chi connectivity index (χ3n) is 5.95. The van der Waals surface area contributed by atoms with Crippen LogP contribution in [0.15, 0.2) is 48.8 Å². The molecule has 0 amide bonds. The maximum Gasteiger partial charge on any atom is 0.129 e. The Hall–Kier alpha value is -1.20. The van der Waals surface area contributed by atoms with Crippen LogP contribution in [0, 0.1) is 5.82 Å². The highest BCUT2D eigenvalue weighted by Gasteiger charge is 2.56. The van der Waals surface area contributed by atoms with Crippen molar-refractivity contribution in [3.05, 3.63) is 65.7 Å². The Balaban J connectivity index is 0.00000121. The molecule has 2 fully saturated rings. The number of pyridine rings is 1. The maximum absolute atomic E-state index is 14.1. The van der Waals surface area contributed by atoms with Gasteiger partial charge in [0.15, 0.2) is 0 Å². The van der Waals surface area contributed by atoms with Gasteiger partial charge in [-0.25, -0.2) is 4.39 Å². The Bertz CT molecular complexity index is 721. The zero-order valence-corrected chi connectivity index (χ0v) is 16.2. The lowest BCUT2D eigenvalue weighted by atomic mass is 9.76. The number of nitrogens with one attached hydrogen (secondary N) is 1. The molecule has 26 heavy (non-hydrogen) atoms. The van der Waals surface area contributed by atoms with Gasteiger partial charge in [0.25, 0.3) is 0 Å².